The van der Waals surface area contributed by atoms with Gasteiger partial charge in [-0.1, -0.05) is 26.0 Å². The SMILES string of the molecule is CC(C)c1ccc(SCc2cnc(NN)cn2)cc1. The number of nitrogens with two attached hydrogens (primary N) is 1. The molecule has 3 N–H and O–H groups in total. The predicted octanol–water partition coefficient (Wildman–Crippen LogP) is 3.18. The maximum Gasteiger partial charge on any atom is 0.158 e. The Balaban J connectivity index is 1.94. The Kier molecular flexibility index (Phi) is 4.76. The minimum absolute atomic E-state index is 0.571. The third kappa shape index (κ3) is 3.94. The van der Waals surface area contributed by atoms with Crippen LogP contribution in [0.1, 0.15) is 31.0 Å². The maximum absolute atomic E-state index is 5.25. The fourth-order valence-corrected chi connectivity index (χ4v) is 2.40. The molecule has 0 saturated heterocycles. The van der Waals surface area contributed by atoms with Crippen LogP contribution in [-0.4, -0.2) is 9.97 Å². The zero-order valence-corrected chi connectivity index (χ0v) is 11.9. The molecule has 2 rings (SSSR count). The van der Waals surface area contributed by atoms with E-state index in [-0.39, 0.29) is 0 Å². The number of hydrogen-bond acceptors (Lipinski definition) is 5. The first-order valence-electron chi connectivity index (χ1n) is 6.19. The summed E-state index contributed by atoms with van der Waals surface area (Å²) in [6, 6.07) is 8.67. The van der Waals surface area contributed by atoms with E-state index in [0.29, 0.717) is 11.7 Å². The van der Waals surface area contributed by atoms with E-state index in [9.17, 15) is 0 Å². The van der Waals surface area contributed by atoms with Crippen molar-refractivity contribution in [2.75, 3.05) is 5.43 Å². The first kappa shape index (κ1) is 13.8. The summed E-state index contributed by atoms with van der Waals surface area (Å²) in [5, 5.41) is 0. The number of nitrogen functional groups attached to an aromatic ring is 1. The second kappa shape index (κ2) is 6.54. The molecule has 0 bridgehead atoms. The summed E-state index contributed by atoms with van der Waals surface area (Å²) in [6.07, 6.45) is 3.38. The molecule has 1 aromatic heterocycles. The van der Waals surface area contributed by atoms with E-state index in [1.807, 2.05) is 0 Å². The van der Waals surface area contributed by atoms with Crippen molar-refractivity contribution in [3.05, 3.63) is 47.9 Å². The lowest BCUT2D eigenvalue weighted by atomic mass is 10.0. The van der Waals surface area contributed by atoms with Crippen molar-refractivity contribution in [1.82, 2.24) is 9.97 Å². The first-order chi connectivity index (χ1) is 9.19. The van der Waals surface area contributed by atoms with Gasteiger partial charge in [-0.3, -0.25) is 4.98 Å². The van der Waals surface area contributed by atoms with Crippen molar-refractivity contribution in [2.24, 2.45) is 5.84 Å². The Morgan fingerprint density at radius 3 is 2.42 bits per heavy atom. The smallest absolute Gasteiger partial charge is 0.158 e. The van der Waals surface area contributed by atoms with Gasteiger partial charge in [0, 0.05) is 10.6 Å². The highest BCUT2D eigenvalue weighted by Crippen LogP contribution is 2.24. The summed E-state index contributed by atoms with van der Waals surface area (Å²) in [6.45, 7) is 4.40. The van der Waals surface area contributed by atoms with Gasteiger partial charge in [-0.05, 0) is 23.6 Å². The summed E-state index contributed by atoms with van der Waals surface area (Å²) < 4.78 is 0. The molecule has 1 heterocycles. The molecule has 0 aliphatic carbocycles. The molecule has 0 radical (unpaired) electrons. The Bertz CT molecular complexity index is 508. The summed E-state index contributed by atoms with van der Waals surface area (Å²) in [5.41, 5.74) is 4.77. The van der Waals surface area contributed by atoms with Gasteiger partial charge in [0.05, 0.1) is 18.1 Å². The van der Waals surface area contributed by atoms with Crippen LogP contribution in [0.5, 0.6) is 0 Å². The van der Waals surface area contributed by atoms with Crippen LogP contribution < -0.4 is 11.3 Å². The topological polar surface area (TPSA) is 63.8 Å². The molecule has 0 atom stereocenters. The van der Waals surface area contributed by atoms with Gasteiger partial charge in [-0.25, -0.2) is 10.8 Å². The van der Waals surface area contributed by atoms with Crippen molar-refractivity contribution >= 4 is 17.6 Å². The third-order valence-electron chi connectivity index (χ3n) is 2.79. The highest BCUT2D eigenvalue weighted by molar-refractivity contribution is 7.98. The molecule has 5 heteroatoms. The number of rotatable bonds is 5. The summed E-state index contributed by atoms with van der Waals surface area (Å²) >= 11 is 1.75. The molecule has 0 saturated carbocycles. The fraction of sp³-hybridized carbons (Fsp3) is 0.286. The standard InChI is InChI=1S/C14H18N4S/c1-10(2)11-3-5-13(6-4-11)19-9-12-7-17-14(18-15)8-16-12/h3-8,10H,9,15H2,1-2H3,(H,17,18). The van der Waals surface area contributed by atoms with Crippen LogP contribution in [0.15, 0.2) is 41.6 Å². The highest BCUT2D eigenvalue weighted by atomic mass is 32.2. The maximum atomic E-state index is 5.25. The molecular formula is C14H18N4S. The summed E-state index contributed by atoms with van der Waals surface area (Å²) in [5.74, 6) is 7.20. The predicted molar refractivity (Wildman–Crippen MR) is 79.9 cm³/mol. The molecule has 1 aromatic carbocycles. The first-order valence-corrected chi connectivity index (χ1v) is 7.18. The van der Waals surface area contributed by atoms with E-state index in [0.717, 1.165) is 11.4 Å². The quantitative estimate of drug-likeness (QED) is 0.498. The van der Waals surface area contributed by atoms with Gasteiger partial charge in [0.1, 0.15) is 0 Å². The fourth-order valence-electron chi connectivity index (χ4n) is 1.61. The van der Waals surface area contributed by atoms with Gasteiger partial charge >= 0.3 is 0 Å². The molecule has 4 nitrogen and oxygen atoms in total. The zero-order valence-electron chi connectivity index (χ0n) is 11.1. The lowest BCUT2D eigenvalue weighted by molar-refractivity contribution is 0.865. The van der Waals surface area contributed by atoms with Crippen molar-refractivity contribution in [3.63, 3.8) is 0 Å². The van der Waals surface area contributed by atoms with Crippen LogP contribution in [0, 0.1) is 0 Å². The number of thioether (sulfide) groups is 1. The number of nitrogens with zero attached hydrogens (tertiary/aromatic N) is 2. The minimum atomic E-state index is 0.571. The molecule has 19 heavy (non-hydrogen) atoms. The highest BCUT2D eigenvalue weighted by Gasteiger charge is 2.01. The molecule has 0 fully saturated rings. The largest absolute Gasteiger partial charge is 0.307 e. The van der Waals surface area contributed by atoms with Crippen LogP contribution >= 0.6 is 11.8 Å². The molecule has 0 spiro atoms. The summed E-state index contributed by atoms with van der Waals surface area (Å²) in [7, 11) is 0. The molecule has 0 unspecified atom stereocenters. The average Bonchev–Trinajstić information content (AvgIpc) is 2.46. The summed E-state index contributed by atoms with van der Waals surface area (Å²) in [4.78, 5) is 9.66. The molecule has 2 aromatic rings. The van der Waals surface area contributed by atoms with Crippen molar-refractivity contribution < 1.29 is 0 Å². The van der Waals surface area contributed by atoms with Crippen molar-refractivity contribution in [2.45, 2.75) is 30.4 Å². The van der Waals surface area contributed by atoms with E-state index in [4.69, 9.17) is 5.84 Å². The number of hydrogen-bond donors (Lipinski definition) is 2. The molecule has 100 valence electrons. The minimum Gasteiger partial charge on any atom is -0.307 e. The number of nitrogens with one attached hydrogen (secondary N) is 1. The lowest BCUT2D eigenvalue weighted by Crippen LogP contribution is -2.08. The second-order valence-corrected chi connectivity index (χ2v) is 5.60. The van der Waals surface area contributed by atoms with Crippen LogP contribution in [0.3, 0.4) is 0 Å². The van der Waals surface area contributed by atoms with Crippen molar-refractivity contribution in [3.8, 4) is 0 Å². The van der Waals surface area contributed by atoms with Gasteiger partial charge in [-0.15, -0.1) is 11.8 Å². The molecular weight excluding hydrogens is 256 g/mol. The monoisotopic (exact) mass is 274 g/mol. The van der Waals surface area contributed by atoms with E-state index in [2.05, 4.69) is 53.5 Å². The molecule has 0 aliphatic rings. The zero-order chi connectivity index (χ0) is 13.7. The Hall–Kier alpha value is -1.59. The van der Waals surface area contributed by atoms with Crippen LogP contribution in [0.2, 0.25) is 0 Å². The normalized spacial score (nSPS) is 10.7. The molecule has 0 amide bonds. The Labute approximate surface area is 117 Å². The number of aromatic nitrogens is 2. The van der Waals surface area contributed by atoms with Gasteiger partial charge in [0.2, 0.25) is 0 Å². The van der Waals surface area contributed by atoms with E-state index >= 15 is 0 Å². The number of hydrazine groups is 1. The number of anilines is 1. The lowest BCUT2D eigenvalue weighted by Gasteiger charge is -2.06. The van der Waals surface area contributed by atoms with Crippen LogP contribution in [-0.2, 0) is 5.75 Å². The van der Waals surface area contributed by atoms with E-state index < -0.39 is 0 Å². The van der Waals surface area contributed by atoms with E-state index in [1.54, 1.807) is 24.2 Å². The van der Waals surface area contributed by atoms with Gasteiger partial charge in [0.15, 0.2) is 5.82 Å². The van der Waals surface area contributed by atoms with Gasteiger partial charge < -0.3 is 5.43 Å². The third-order valence-corrected chi connectivity index (χ3v) is 3.83. The van der Waals surface area contributed by atoms with Crippen LogP contribution in [0.25, 0.3) is 0 Å². The van der Waals surface area contributed by atoms with Gasteiger partial charge in [-0.2, -0.15) is 0 Å². The average molecular weight is 274 g/mol. The Morgan fingerprint density at radius 2 is 1.89 bits per heavy atom. The molecule has 0 aliphatic heterocycles. The Morgan fingerprint density at radius 1 is 1.16 bits per heavy atom. The van der Waals surface area contributed by atoms with Gasteiger partial charge in [0.25, 0.3) is 0 Å². The van der Waals surface area contributed by atoms with Crippen LogP contribution in [0.4, 0.5) is 5.82 Å². The second-order valence-electron chi connectivity index (χ2n) is 4.55. The van der Waals surface area contributed by atoms with Crippen molar-refractivity contribution in [1.29, 1.82) is 0 Å². The number of benzene rings is 1. The van der Waals surface area contributed by atoms with E-state index in [1.165, 1.54) is 10.5 Å².